The quantitative estimate of drug-likeness (QED) is 0.437. The van der Waals surface area contributed by atoms with E-state index in [-0.39, 0.29) is 0 Å². The summed E-state index contributed by atoms with van der Waals surface area (Å²) in [6.07, 6.45) is 5.02. The molecule has 1 aliphatic carbocycles. The predicted molar refractivity (Wildman–Crippen MR) is 67.2 cm³/mol. The Morgan fingerprint density at radius 3 is 2.56 bits per heavy atom. The Bertz CT molecular complexity index is 165. The SMILES string of the molecule is COCCCOCCN(CCCl)C1CCC1. The maximum Gasteiger partial charge on any atom is 0.0593 e. The van der Waals surface area contributed by atoms with E-state index in [1.54, 1.807) is 7.11 Å². The third-order valence-electron chi connectivity index (χ3n) is 3.12. The van der Waals surface area contributed by atoms with E-state index in [1.807, 2.05) is 0 Å². The van der Waals surface area contributed by atoms with Crippen LogP contribution in [0.5, 0.6) is 0 Å². The van der Waals surface area contributed by atoms with Crippen LogP contribution in [0.25, 0.3) is 0 Å². The van der Waals surface area contributed by atoms with Crippen LogP contribution in [0.15, 0.2) is 0 Å². The van der Waals surface area contributed by atoms with E-state index in [9.17, 15) is 0 Å². The molecule has 16 heavy (non-hydrogen) atoms. The van der Waals surface area contributed by atoms with Crippen LogP contribution in [0.2, 0.25) is 0 Å². The lowest BCUT2D eigenvalue weighted by Gasteiger charge is -2.37. The Labute approximate surface area is 104 Å². The van der Waals surface area contributed by atoms with Gasteiger partial charge in [0.1, 0.15) is 0 Å². The molecule has 0 atom stereocenters. The molecule has 1 rings (SSSR count). The van der Waals surface area contributed by atoms with Gasteiger partial charge in [-0.2, -0.15) is 0 Å². The number of rotatable bonds is 10. The first-order valence-corrected chi connectivity index (χ1v) is 6.78. The van der Waals surface area contributed by atoms with Crippen molar-refractivity contribution >= 4 is 11.6 Å². The molecule has 0 N–H and O–H groups in total. The van der Waals surface area contributed by atoms with Gasteiger partial charge in [-0.25, -0.2) is 0 Å². The molecule has 3 nitrogen and oxygen atoms in total. The van der Waals surface area contributed by atoms with Crippen LogP contribution in [-0.2, 0) is 9.47 Å². The summed E-state index contributed by atoms with van der Waals surface area (Å²) >= 11 is 5.80. The Balaban J connectivity index is 1.98. The fourth-order valence-electron chi connectivity index (χ4n) is 1.93. The predicted octanol–water partition coefficient (Wildman–Crippen LogP) is 2.13. The van der Waals surface area contributed by atoms with Crippen molar-refractivity contribution in [2.24, 2.45) is 0 Å². The summed E-state index contributed by atoms with van der Waals surface area (Å²) < 4.78 is 10.5. The van der Waals surface area contributed by atoms with Crippen molar-refractivity contribution in [1.29, 1.82) is 0 Å². The lowest BCUT2D eigenvalue weighted by molar-refractivity contribution is 0.0585. The first-order valence-electron chi connectivity index (χ1n) is 6.25. The molecule has 0 aromatic carbocycles. The van der Waals surface area contributed by atoms with Gasteiger partial charge in [-0.15, -0.1) is 11.6 Å². The van der Waals surface area contributed by atoms with Gasteiger partial charge in [0.15, 0.2) is 0 Å². The second-order valence-corrected chi connectivity index (χ2v) is 4.65. The molecule has 1 aliphatic rings. The smallest absolute Gasteiger partial charge is 0.0593 e. The highest BCUT2D eigenvalue weighted by Gasteiger charge is 2.23. The van der Waals surface area contributed by atoms with E-state index < -0.39 is 0 Å². The summed E-state index contributed by atoms with van der Waals surface area (Å²) in [7, 11) is 1.72. The Morgan fingerprint density at radius 1 is 1.19 bits per heavy atom. The van der Waals surface area contributed by atoms with E-state index in [0.29, 0.717) is 0 Å². The number of halogens is 1. The number of hydrogen-bond acceptors (Lipinski definition) is 3. The van der Waals surface area contributed by atoms with E-state index in [0.717, 1.165) is 51.3 Å². The molecule has 1 fully saturated rings. The van der Waals surface area contributed by atoms with Crippen LogP contribution in [0, 0.1) is 0 Å². The number of nitrogens with zero attached hydrogens (tertiary/aromatic N) is 1. The largest absolute Gasteiger partial charge is 0.385 e. The van der Waals surface area contributed by atoms with Gasteiger partial charge in [0.05, 0.1) is 6.61 Å². The molecule has 0 spiro atoms. The highest BCUT2D eigenvalue weighted by atomic mass is 35.5. The third kappa shape index (κ3) is 5.48. The topological polar surface area (TPSA) is 21.7 Å². The molecule has 0 heterocycles. The van der Waals surface area contributed by atoms with Crippen LogP contribution in [0.1, 0.15) is 25.7 Å². The highest BCUT2D eigenvalue weighted by molar-refractivity contribution is 6.18. The lowest BCUT2D eigenvalue weighted by atomic mass is 9.91. The zero-order valence-corrected chi connectivity index (χ0v) is 11.0. The zero-order chi connectivity index (χ0) is 11.6. The minimum absolute atomic E-state index is 0.722. The number of hydrogen-bond donors (Lipinski definition) is 0. The van der Waals surface area contributed by atoms with Crippen molar-refractivity contribution in [2.75, 3.05) is 45.9 Å². The summed E-state index contributed by atoms with van der Waals surface area (Å²) in [4.78, 5) is 2.47. The molecular weight excluding hydrogens is 226 g/mol. The van der Waals surface area contributed by atoms with Crippen LogP contribution in [0.4, 0.5) is 0 Å². The van der Waals surface area contributed by atoms with Crippen LogP contribution in [0.3, 0.4) is 0 Å². The van der Waals surface area contributed by atoms with E-state index in [2.05, 4.69) is 4.90 Å². The fourth-order valence-corrected chi connectivity index (χ4v) is 2.14. The minimum atomic E-state index is 0.722. The average Bonchev–Trinajstić information content (AvgIpc) is 2.21. The van der Waals surface area contributed by atoms with Gasteiger partial charge >= 0.3 is 0 Å². The standard InChI is InChI=1S/C12H24ClNO2/c1-15-9-3-10-16-11-8-14(7-6-13)12-4-2-5-12/h12H,2-11H2,1H3. The average molecular weight is 250 g/mol. The van der Waals surface area contributed by atoms with Crippen molar-refractivity contribution in [3.05, 3.63) is 0 Å². The summed E-state index contributed by atoms with van der Waals surface area (Å²) in [5.74, 6) is 0.722. The second-order valence-electron chi connectivity index (χ2n) is 4.27. The van der Waals surface area contributed by atoms with E-state index in [4.69, 9.17) is 21.1 Å². The Hall–Kier alpha value is 0.170. The van der Waals surface area contributed by atoms with Crippen molar-refractivity contribution in [2.45, 2.75) is 31.7 Å². The fraction of sp³-hybridized carbons (Fsp3) is 1.00. The monoisotopic (exact) mass is 249 g/mol. The molecule has 1 saturated carbocycles. The molecule has 96 valence electrons. The molecule has 0 aromatic rings. The summed E-state index contributed by atoms with van der Waals surface area (Å²) in [6.45, 7) is 4.41. The molecule has 0 aliphatic heterocycles. The Kier molecular flexibility index (Phi) is 8.21. The van der Waals surface area contributed by atoms with Gasteiger partial charge < -0.3 is 9.47 Å². The van der Waals surface area contributed by atoms with Crippen LogP contribution in [-0.4, -0.2) is 56.8 Å². The van der Waals surface area contributed by atoms with Crippen LogP contribution >= 0.6 is 11.6 Å². The van der Waals surface area contributed by atoms with Crippen molar-refractivity contribution < 1.29 is 9.47 Å². The molecule has 4 heteroatoms. The third-order valence-corrected chi connectivity index (χ3v) is 3.29. The molecule has 0 aromatic heterocycles. The molecule has 0 radical (unpaired) electrons. The maximum absolute atomic E-state index is 5.80. The molecule has 0 saturated heterocycles. The summed E-state index contributed by atoms with van der Waals surface area (Å²) in [5, 5.41) is 0. The summed E-state index contributed by atoms with van der Waals surface area (Å²) in [6, 6.07) is 0.765. The minimum Gasteiger partial charge on any atom is -0.385 e. The van der Waals surface area contributed by atoms with Crippen molar-refractivity contribution in [3.63, 3.8) is 0 Å². The van der Waals surface area contributed by atoms with E-state index >= 15 is 0 Å². The first-order chi connectivity index (χ1) is 7.88. The normalized spacial score (nSPS) is 16.7. The van der Waals surface area contributed by atoms with Gasteiger partial charge in [-0.3, -0.25) is 4.90 Å². The second kappa shape index (κ2) is 9.23. The molecular formula is C12H24ClNO2. The van der Waals surface area contributed by atoms with Gasteiger partial charge in [0.2, 0.25) is 0 Å². The van der Waals surface area contributed by atoms with Gasteiger partial charge in [0, 0.05) is 45.3 Å². The zero-order valence-electron chi connectivity index (χ0n) is 10.3. The maximum atomic E-state index is 5.80. The van der Waals surface area contributed by atoms with Crippen LogP contribution < -0.4 is 0 Å². The van der Waals surface area contributed by atoms with E-state index in [1.165, 1.54) is 19.3 Å². The summed E-state index contributed by atoms with van der Waals surface area (Å²) in [5.41, 5.74) is 0. The Morgan fingerprint density at radius 2 is 2.00 bits per heavy atom. The molecule has 0 bridgehead atoms. The van der Waals surface area contributed by atoms with Crippen molar-refractivity contribution in [3.8, 4) is 0 Å². The van der Waals surface area contributed by atoms with Gasteiger partial charge in [0.25, 0.3) is 0 Å². The lowest BCUT2D eigenvalue weighted by Crippen LogP contribution is -2.43. The van der Waals surface area contributed by atoms with Gasteiger partial charge in [-0.05, 0) is 19.3 Å². The van der Waals surface area contributed by atoms with Crippen molar-refractivity contribution in [1.82, 2.24) is 4.90 Å². The van der Waals surface area contributed by atoms with Gasteiger partial charge in [-0.1, -0.05) is 6.42 Å². The number of methoxy groups -OCH3 is 1. The molecule has 0 amide bonds. The highest BCUT2D eigenvalue weighted by Crippen LogP contribution is 2.24. The number of alkyl halides is 1. The number of ether oxygens (including phenoxy) is 2. The first kappa shape index (κ1) is 14.2. The molecule has 0 unspecified atom stereocenters.